The van der Waals surface area contributed by atoms with Crippen LogP contribution < -0.4 is 5.32 Å². The molecule has 1 aliphatic rings. The number of amides is 1. The fourth-order valence-electron chi connectivity index (χ4n) is 2.59. The summed E-state index contributed by atoms with van der Waals surface area (Å²) in [6.45, 7) is 3.76. The predicted molar refractivity (Wildman–Crippen MR) is 79.6 cm³/mol. The molecule has 2 rings (SSSR count). The highest BCUT2D eigenvalue weighted by Gasteiger charge is 2.22. The third-order valence-electron chi connectivity index (χ3n) is 3.75. The molecule has 1 heterocycles. The van der Waals surface area contributed by atoms with Gasteiger partial charge in [-0.2, -0.15) is 0 Å². The molecule has 0 aliphatic carbocycles. The molecule has 5 nitrogen and oxygen atoms in total. The van der Waals surface area contributed by atoms with Crippen molar-refractivity contribution in [2.45, 2.75) is 51.7 Å². The normalized spacial score (nSPS) is 21.2. The highest BCUT2D eigenvalue weighted by atomic mass is 16.5. The van der Waals surface area contributed by atoms with Gasteiger partial charge in [0.1, 0.15) is 0 Å². The molecule has 1 aromatic rings. The van der Waals surface area contributed by atoms with Crippen LogP contribution in [0.25, 0.3) is 0 Å². The number of nitrogens with one attached hydrogen (secondary N) is 1. The van der Waals surface area contributed by atoms with E-state index in [2.05, 4.69) is 5.32 Å². The standard InChI is InChI=1S/C16H21NO4/c1-10-9-12(4-7-14(10)16(19)20)17-15(18)8-6-13-5-3-11(2)21-13/h4,7,9,11,13H,3,5-6,8H2,1-2H3,(H,17,18)(H,19,20). The van der Waals surface area contributed by atoms with Gasteiger partial charge >= 0.3 is 5.97 Å². The lowest BCUT2D eigenvalue weighted by atomic mass is 10.1. The summed E-state index contributed by atoms with van der Waals surface area (Å²) in [5, 5.41) is 11.8. The van der Waals surface area contributed by atoms with Crippen LogP contribution in [0.2, 0.25) is 0 Å². The molecule has 5 heteroatoms. The summed E-state index contributed by atoms with van der Waals surface area (Å²) < 4.78 is 5.68. The van der Waals surface area contributed by atoms with Crippen LogP contribution in [0.5, 0.6) is 0 Å². The first-order valence-electron chi connectivity index (χ1n) is 7.25. The third-order valence-corrected chi connectivity index (χ3v) is 3.75. The van der Waals surface area contributed by atoms with Crippen molar-refractivity contribution in [3.8, 4) is 0 Å². The van der Waals surface area contributed by atoms with Crippen molar-refractivity contribution in [3.05, 3.63) is 29.3 Å². The van der Waals surface area contributed by atoms with Gasteiger partial charge in [-0.25, -0.2) is 4.79 Å². The first kappa shape index (κ1) is 15.5. The number of benzene rings is 1. The monoisotopic (exact) mass is 291 g/mol. The molecular weight excluding hydrogens is 270 g/mol. The van der Waals surface area contributed by atoms with Crippen molar-refractivity contribution in [1.29, 1.82) is 0 Å². The summed E-state index contributed by atoms with van der Waals surface area (Å²) in [6, 6.07) is 4.80. The van der Waals surface area contributed by atoms with E-state index in [1.807, 2.05) is 6.92 Å². The lowest BCUT2D eigenvalue weighted by molar-refractivity contribution is -0.116. The van der Waals surface area contributed by atoms with Crippen LogP contribution in [0.3, 0.4) is 0 Å². The average Bonchev–Trinajstić information content (AvgIpc) is 2.82. The first-order valence-corrected chi connectivity index (χ1v) is 7.25. The highest BCUT2D eigenvalue weighted by molar-refractivity contribution is 5.93. The summed E-state index contributed by atoms with van der Waals surface area (Å²) in [4.78, 5) is 22.8. The van der Waals surface area contributed by atoms with E-state index in [4.69, 9.17) is 9.84 Å². The number of carboxylic acid groups (broad SMARTS) is 1. The Morgan fingerprint density at radius 2 is 2.14 bits per heavy atom. The summed E-state index contributed by atoms with van der Waals surface area (Å²) in [7, 11) is 0. The molecule has 0 bridgehead atoms. The second-order valence-corrected chi connectivity index (χ2v) is 5.57. The lowest BCUT2D eigenvalue weighted by Gasteiger charge is -2.11. The van der Waals surface area contributed by atoms with Gasteiger partial charge in [-0.3, -0.25) is 4.79 Å². The number of anilines is 1. The van der Waals surface area contributed by atoms with Crippen LogP contribution in [0.1, 0.15) is 48.5 Å². The second-order valence-electron chi connectivity index (χ2n) is 5.57. The topological polar surface area (TPSA) is 75.6 Å². The van der Waals surface area contributed by atoms with E-state index in [0.29, 0.717) is 23.8 Å². The number of carbonyl (C=O) groups is 2. The summed E-state index contributed by atoms with van der Waals surface area (Å²) in [6.07, 6.45) is 3.69. The maximum atomic E-state index is 11.9. The van der Waals surface area contributed by atoms with Gasteiger partial charge in [0.05, 0.1) is 17.8 Å². The summed E-state index contributed by atoms with van der Waals surface area (Å²) in [5.74, 6) is -1.03. The van der Waals surface area contributed by atoms with Crippen molar-refractivity contribution < 1.29 is 19.4 Å². The van der Waals surface area contributed by atoms with Crippen LogP contribution in [-0.2, 0) is 9.53 Å². The highest BCUT2D eigenvalue weighted by Crippen LogP contribution is 2.23. The number of aromatic carboxylic acids is 1. The van der Waals surface area contributed by atoms with Gasteiger partial charge in [-0.15, -0.1) is 0 Å². The van der Waals surface area contributed by atoms with E-state index in [1.165, 1.54) is 6.07 Å². The predicted octanol–water partition coefficient (Wildman–Crippen LogP) is 2.98. The molecule has 21 heavy (non-hydrogen) atoms. The van der Waals surface area contributed by atoms with Crippen LogP contribution in [0.4, 0.5) is 5.69 Å². The molecule has 2 atom stereocenters. The van der Waals surface area contributed by atoms with E-state index in [1.54, 1.807) is 19.1 Å². The SMILES string of the molecule is Cc1cc(NC(=O)CCC2CCC(C)O2)ccc1C(=O)O. The number of carbonyl (C=O) groups excluding carboxylic acids is 1. The van der Waals surface area contributed by atoms with Crippen molar-refractivity contribution >= 4 is 17.6 Å². The fraction of sp³-hybridized carbons (Fsp3) is 0.500. The lowest BCUT2D eigenvalue weighted by Crippen LogP contribution is -2.16. The zero-order valence-corrected chi connectivity index (χ0v) is 12.4. The van der Waals surface area contributed by atoms with Gasteiger partial charge < -0.3 is 15.2 Å². The zero-order valence-electron chi connectivity index (χ0n) is 12.4. The summed E-state index contributed by atoms with van der Waals surface area (Å²) >= 11 is 0. The van der Waals surface area contributed by atoms with E-state index in [0.717, 1.165) is 19.3 Å². The molecule has 2 N–H and O–H groups in total. The number of ether oxygens (including phenoxy) is 1. The number of rotatable bonds is 5. The van der Waals surface area contributed by atoms with Crippen LogP contribution >= 0.6 is 0 Å². The quantitative estimate of drug-likeness (QED) is 0.874. The van der Waals surface area contributed by atoms with Crippen molar-refractivity contribution in [2.24, 2.45) is 0 Å². The molecule has 1 amide bonds. The van der Waals surface area contributed by atoms with Crippen LogP contribution in [0.15, 0.2) is 18.2 Å². The molecule has 0 saturated carbocycles. The van der Waals surface area contributed by atoms with Gasteiger partial charge in [0.15, 0.2) is 0 Å². The van der Waals surface area contributed by atoms with E-state index in [-0.39, 0.29) is 17.6 Å². The smallest absolute Gasteiger partial charge is 0.335 e. The minimum atomic E-state index is -0.960. The van der Waals surface area contributed by atoms with Crippen molar-refractivity contribution in [1.82, 2.24) is 0 Å². The molecule has 2 unspecified atom stereocenters. The fourth-order valence-corrected chi connectivity index (χ4v) is 2.59. The molecule has 1 fully saturated rings. The van der Waals surface area contributed by atoms with Gasteiger partial charge in [0.2, 0.25) is 5.91 Å². The number of hydrogen-bond donors (Lipinski definition) is 2. The maximum absolute atomic E-state index is 11.9. The Labute approximate surface area is 124 Å². The molecule has 0 radical (unpaired) electrons. The largest absolute Gasteiger partial charge is 0.478 e. The van der Waals surface area contributed by atoms with E-state index >= 15 is 0 Å². The third kappa shape index (κ3) is 4.29. The Morgan fingerprint density at radius 3 is 2.71 bits per heavy atom. The second kappa shape index (κ2) is 6.72. The summed E-state index contributed by atoms with van der Waals surface area (Å²) in [5.41, 5.74) is 1.51. The Kier molecular flexibility index (Phi) is 4.96. The zero-order chi connectivity index (χ0) is 15.4. The Balaban J connectivity index is 1.85. The van der Waals surface area contributed by atoms with Crippen LogP contribution in [0, 0.1) is 6.92 Å². The molecule has 1 aliphatic heterocycles. The van der Waals surface area contributed by atoms with Crippen molar-refractivity contribution in [2.75, 3.05) is 5.32 Å². The van der Waals surface area contributed by atoms with Gasteiger partial charge in [0, 0.05) is 12.1 Å². The molecule has 0 spiro atoms. The minimum Gasteiger partial charge on any atom is -0.478 e. The van der Waals surface area contributed by atoms with Gasteiger partial charge in [0.25, 0.3) is 0 Å². The molecule has 114 valence electrons. The van der Waals surface area contributed by atoms with Gasteiger partial charge in [-0.1, -0.05) is 0 Å². The van der Waals surface area contributed by atoms with Gasteiger partial charge in [-0.05, 0) is 56.9 Å². The number of aryl methyl sites for hydroxylation is 1. The molecule has 0 aromatic heterocycles. The van der Waals surface area contributed by atoms with E-state index in [9.17, 15) is 9.59 Å². The Bertz CT molecular complexity index is 541. The van der Waals surface area contributed by atoms with Crippen molar-refractivity contribution in [3.63, 3.8) is 0 Å². The molecule has 1 saturated heterocycles. The number of hydrogen-bond acceptors (Lipinski definition) is 3. The van der Waals surface area contributed by atoms with Crippen LogP contribution in [-0.4, -0.2) is 29.2 Å². The Hall–Kier alpha value is -1.88. The average molecular weight is 291 g/mol. The Morgan fingerprint density at radius 1 is 1.38 bits per heavy atom. The van der Waals surface area contributed by atoms with E-state index < -0.39 is 5.97 Å². The number of carboxylic acids is 1. The minimum absolute atomic E-state index is 0.0689. The maximum Gasteiger partial charge on any atom is 0.335 e. The first-order chi connectivity index (χ1) is 9.95. The molecule has 1 aromatic carbocycles. The molecular formula is C16H21NO4.